The molecule has 0 aromatic heterocycles. The topological polar surface area (TPSA) is 38.3 Å². The highest BCUT2D eigenvalue weighted by Gasteiger charge is 2.02. The molecule has 110 valence electrons. The van der Waals surface area contributed by atoms with Gasteiger partial charge in [0, 0.05) is 18.0 Å². The van der Waals surface area contributed by atoms with E-state index >= 15 is 0 Å². The molecule has 2 aromatic rings. The molecule has 0 unspecified atom stereocenters. The Morgan fingerprint density at radius 1 is 1.05 bits per heavy atom. The molecule has 0 aliphatic carbocycles. The van der Waals surface area contributed by atoms with Gasteiger partial charge in [0.25, 0.3) is 5.91 Å². The van der Waals surface area contributed by atoms with Gasteiger partial charge in [-0.25, -0.2) is 0 Å². The first-order valence-corrected chi connectivity index (χ1v) is 7.44. The molecule has 0 spiro atoms. The second kappa shape index (κ2) is 8.32. The van der Waals surface area contributed by atoms with Crippen molar-refractivity contribution < 1.29 is 9.53 Å². The molecule has 0 aliphatic rings. The van der Waals surface area contributed by atoms with E-state index in [4.69, 9.17) is 16.3 Å². The molecule has 1 amide bonds. The van der Waals surface area contributed by atoms with Gasteiger partial charge in [0.15, 0.2) is 0 Å². The largest absolute Gasteiger partial charge is 0.494 e. The van der Waals surface area contributed by atoms with E-state index in [0.717, 1.165) is 17.7 Å². The van der Waals surface area contributed by atoms with Gasteiger partial charge in [-0.1, -0.05) is 30.3 Å². The zero-order chi connectivity index (χ0) is 14.9. The van der Waals surface area contributed by atoms with E-state index in [1.165, 1.54) is 0 Å². The summed E-state index contributed by atoms with van der Waals surface area (Å²) >= 11 is 5.72. The van der Waals surface area contributed by atoms with Crippen LogP contribution in [0.25, 0.3) is 0 Å². The molecule has 0 aliphatic heterocycles. The SMILES string of the molecule is O=C(NCCCOc1ccc(CCl)cc1)c1ccccc1. The first-order valence-electron chi connectivity index (χ1n) is 6.90. The van der Waals surface area contributed by atoms with E-state index in [9.17, 15) is 4.79 Å². The monoisotopic (exact) mass is 303 g/mol. The first-order chi connectivity index (χ1) is 10.3. The molecule has 2 rings (SSSR count). The Labute approximate surface area is 129 Å². The van der Waals surface area contributed by atoms with Crippen LogP contribution in [0.4, 0.5) is 0 Å². The molecule has 2 aromatic carbocycles. The van der Waals surface area contributed by atoms with E-state index in [1.807, 2.05) is 42.5 Å². The standard InChI is InChI=1S/C17H18ClNO2/c18-13-14-7-9-16(10-8-14)21-12-4-11-19-17(20)15-5-2-1-3-6-15/h1-3,5-10H,4,11-13H2,(H,19,20). The summed E-state index contributed by atoms with van der Waals surface area (Å²) in [6.07, 6.45) is 0.760. The minimum absolute atomic E-state index is 0.0536. The van der Waals surface area contributed by atoms with Crippen LogP contribution < -0.4 is 10.1 Å². The Balaban J connectivity index is 1.64. The normalized spacial score (nSPS) is 10.1. The van der Waals surface area contributed by atoms with Gasteiger partial charge < -0.3 is 10.1 Å². The van der Waals surface area contributed by atoms with Gasteiger partial charge in [0.05, 0.1) is 6.61 Å². The van der Waals surface area contributed by atoms with E-state index < -0.39 is 0 Å². The smallest absolute Gasteiger partial charge is 0.251 e. The molecule has 0 atom stereocenters. The minimum atomic E-state index is -0.0536. The third-order valence-corrected chi connectivity index (χ3v) is 3.30. The zero-order valence-corrected chi connectivity index (χ0v) is 12.5. The summed E-state index contributed by atoms with van der Waals surface area (Å²) in [6, 6.07) is 16.9. The van der Waals surface area contributed by atoms with Gasteiger partial charge in [-0.15, -0.1) is 11.6 Å². The lowest BCUT2D eigenvalue weighted by Gasteiger charge is -2.08. The van der Waals surface area contributed by atoms with Crippen LogP contribution in [0.15, 0.2) is 54.6 Å². The van der Waals surface area contributed by atoms with Crippen LogP contribution in [0.5, 0.6) is 5.75 Å². The molecule has 0 fully saturated rings. The fourth-order valence-electron chi connectivity index (χ4n) is 1.83. The Bertz CT molecular complexity index is 555. The lowest BCUT2D eigenvalue weighted by molar-refractivity contribution is 0.0951. The van der Waals surface area contributed by atoms with Crippen molar-refractivity contribution >= 4 is 17.5 Å². The summed E-state index contributed by atoms with van der Waals surface area (Å²) in [4.78, 5) is 11.8. The molecular weight excluding hydrogens is 286 g/mol. The van der Waals surface area contributed by atoms with Crippen molar-refractivity contribution in [3.05, 3.63) is 65.7 Å². The second-order valence-electron chi connectivity index (χ2n) is 4.60. The Kier molecular flexibility index (Phi) is 6.10. The number of hydrogen-bond donors (Lipinski definition) is 1. The van der Waals surface area contributed by atoms with E-state index in [2.05, 4.69) is 5.32 Å². The van der Waals surface area contributed by atoms with Crippen LogP contribution in [0, 0.1) is 0 Å². The number of hydrogen-bond acceptors (Lipinski definition) is 2. The molecular formula is C17H18ClNO2. The summed E-state index contributed by atoms with van der Waals surface area (Å²) < 4.78 is 5.60. The summed E-state index contributed by atoms with van der Waals surface area (Å²) in [5.74, 6) is 1.27. The van der Waals surface area contributed by atoms with Crippen LogP contribution >= 0.6 is 11.6 Å². The number of carbonyl (C=O) groups excluding carboxylic acids is 1. The average Bonchev–Trinajstić information content (AvgIpc) is 2.55. The fourth-order valence-corrected chi connectivity index (χ4v) is 2.01. The fraction of sp³-hybridized carbons (Fsp3) is 0.235. The van der Waals surface area contributed by atoms with Crippen LogP contribution in [-0.2, 0) is 5.88 Å². The molecule has 0 heterocycles. The van der Waals surface area contributed by atoms with Gasteiger partial charge in [-0.3, -0.25) is 4.79 Å². The van der Waals surface area contributed by atoms with Crippen LogP contribution in [0.2, 0.25) is 0 Å². The average molecular weight is 304 g/mol. The van der Waals surface area contributed by atoms with Crippen LogP contribution in [0.3, 0.4) is 0 Å². The molecule has 3 nitrogen and oxygen atoms in total. The van der Waals surface area contributed by atoms with Crippen LogP contribution in [0.1, 0.15) is 22.3 Å². The molecule has 1 N–H and O–H groups in total. The predicted molar refractivity (Wildman–Crippen MR) is 84.9 cm³/mol. The highest BCUT2D eigenvalue weighted by Crippen LogP contribution is 2.13. The van der Waals surface area contributed by atoms with Gasteiger partial charge in [0.2, 0.25) is 0 Å². The summed E-state index contributed by atoms with van der Waals surface area (Å²) in [6.45, 7) is 1.16. The van der Waals surface area contributed by atoms with Gasteiger partial charge >= 0.3 is 0 Å². The zero-order valence-electron chi connectivity index (χ0n) is 11.7. The first kappa shape index (κ1) is 15.4. The molecule has 4 heteroatoms. The molecule has 21 heavy (non-hydrogen) atoms. The number of rotatable bonds is 7. The maximum atomic E-state index is 11.8. The lowest BCUT2D eigenvalue weighted by Crippen LogP contribution is -2.25. The van der Waals surface area contributed by atoms with Gasteiger partial charge in [0.1, 0.15) is 5.75 Å². The lowest BCUT2D eigenvalue weighted by atomic mass is 10.2. The van der Waals surface area contributed by atoms with Crippen molar-refractivity contribution in [1.29, 1.82) is 0 Å². The third kappa shape index (κ3) is 5.12. The number of carbonyl (C=O) groups is 1. The van der Waals surface area contributed by atoms with E-state index in [1.54, 1.807) is 12.1 Å². The van der Waals surface area contributed by atoms with Crippen molar-refractivity contribution in [2.24, 2.45) is 0 Å². The highest BCUT2D eigenvalue weighted by molar-refractivity contribution is 6.17. The number of ether oxygens (including phenoxy) is 1. The molecule has 0 bridgehead atoms. The van der Waals surface area contributed by atoms with E-state index in [0.29, 0.717) is 24.6 Å². The third-order valence-electron chi connectivity index (χ3n) is 2.99. The number of halogens is 1. The van der Waals surface area contributed by atoms with Gasteiger partial charge in [-0.05, 0) is 36.2 Å². The van der Waals surface area contributed by atoms with Gasteiger partial charge in [-0.2, -0.15) is 0 Å². The maximum absolute atomic E-state index is 11.8. The predicted octanol–water partition coefficient (Wildman–Crippen LogP) is 3.62. The summed E-state index contributed by atoms with van der Waals surface area (Å²) in [7, 11) is 0. The summed E-state index contributed by atoms with van der Waals surface area (Å²) in [5.41, 5.74) is 1.74. The second-order valence-corrected chi connectivity index (χ2v) is 4.87. The Morgan fingerprint density at radius 2 is 1.76 bits per heavy atom. The molecule has 0 saturated heterocycles. The van der Waals surface area contributed by atoms with Crippen molar-refractivity contribution in [2.75, 3.05) is 13.2 Å². The Morgan fingerprint density at radius 3 is 2.43 bits per heavy atom. The van der Waals surface area contributed by atoms with Crippen molar-refractivity contribution in [2.45, 2.75) is 12.3 Å². The number of alkyl halides is 1. The van der Waals surface area contributed by atoms with Crippen LogP contribution in [-0.4, -0.2) is 19.1 Å². The minimum Gasteiger partial charge on any atom is -0.494 e. The van der Waals surface area contributed by atoms with E-state index in [-0.39, 0.29) is 5.91 Å². The molecule has 0 radical (unpaired) electrons. The van der Waals surface area contributed by atoms with Crippen molar-refractivity contribution in [3.8, 4) is 5.75 Å². The highest BCUT2D eigenvalue weighted by atomic mass is 35.5. The number of benzene rings is 2. The summed E-state index contributed by atoms with van der Waals surface area (Å²) in [5, 5.41) is 2.87. The quantitative estimate of drug-likeness (QED) is 0.626. The maximum Gasteiger partial charge on any atom is 0.251 e. The molecule has 0 saturated carbocycles. The van der Waals surface area contributed by atoms with Crippen molar-refractivity contribution in [3.63, 3.8) is 0 Å². The number of amides is 1. The Hall–Kier alpha value is -2.00. The van der Waals surface area contributed by atoms with Crippen molar-refractivity contribution in [1.82, 2.24) is 5.32 Å². The number of nitrogens with one attached hydrogen (secondary N) is 1.